The standard InChI is InChI=1S/C19H12BrNO2/c1-11-5-7-13(8-6-11)21-18(22)15-9-12-3-2-4-17(20)14(12)10-16(15)19(21)23/h2-10H,1H3. The Bertz CT molecular complexity index is 977. The number of hydrogen-bond acceptors (Lipinski definition) is 2. The first-order valence-corrected chi connectivity index (χ1v) is 8.03. The molecule has 0 bridgehead atoms. The molecule has 23 heavy (non-hydrogen) atoms. The average Bonchev–Trinajstić information content (AvgIpc) is 2.79. The topological polar surface area (TPSA) is 37.4 Å². The van der Waals surface area contributed by atoms with Crippen LogP contribution in [0.3, 0.4) is 0 Å². The van der Waals surface area contributed by atoms with Gasteiger partial charge in [-0.25, -0.2) is 4.90 Å². The molecule has 3 aromatic carbocycles. The van der Waals surface area contributed by atoms with Crippen molar-refractivity contribution in [3.63, 3.8) is 0 Å². The zero-order valence-electron chi connectivity index (χ0n) is 12.3. The monoisotopic (exact) mass is 365 g/mol. The number of aryl methyl sites for hydroxylation is 1. The predicted molar refractivity (Wildman–Crippen MR) is 94.0 cm³/mol. The summed E-state index contributed by atoms with van der Waals surface area (Å²) in [4.78, 5) is 26.7. The summed E-state index contributed by atoms with van der Waals surface area (Å²) in [5.41, 5.74) is 2.60. The molecule has 0 N–H and O–H groups in total. The van der Waals surface area contributed by atoms with E-state index in [9.17, 15) is 9.59 Å². The van der Waals surface area contributed by atoms with Gasteiger partial charge in [0.05, 0.1) is 16.8 Å². The van der Waals surface area contributed by atoms with Crippen molar-refractivity contribution in [2.45, 2.75) is 6.92 Å². The number of imide groups is 1. The summed E-state index contributed by atoms with van der Waals surface area (Å²) in [5, 5.41) is 1.86. The van der Waals surface area contributed by atoms with Crippen LogP contribution in [0.25, 0.3) is 10.8 Å². The highest BCUT2D eigenvalue weighted by Crippen LogP contribution is 2.33. The molecule has 0 spiro atoms. The quantitative estimate of drug-likeness (QED) is 0.585. The molecule has 0 radical (unpaired) electrons. The number of fused-ring (bicyclic) bond motifs is 2. The predicted octanol–water partition coefficient (Wildman–Crippen LogP) is 4.71. The zero-order valence-corrected chi connectivity index (χ0v) is 13.9. The first-order chi connectivity index (χ1) is 11.1. The van der Waals surface area contributed by atoms with E-state index in [1.807, 2.05) is 37.3 Å². The lowest BCUT2D eigenvalue weighted by Crippen LogP contribution is -2.29. The normalized spacial score (nSPS) is 13.7. The van der Waals surface area contributed by atoms with Crippen molar-refractivity contribution in [1.82, 2.24) is 0 Å². The van der Waals surface area contributed by atoms with Crippen LogP contribution >= 0.6 is 15.9 Å². The molecule has 0 aliphatic carbocycles. The summed E-state index contributed by atoms with van der Waals surface area (Å²) < 4.78 is 0.909. The fraction of sp³-hybridized carbons (Fsp3) is 0.0526. The molecule has 0 atom stereocenters. The number of benzene rings is 3. The zero-order chi connectivity index (χ0) is 16.1. The number of hydrogen-bond donors (Lipinski definition) is 0. The molecule has 3 nitrogen and oxygen atoms in total. The highest BCUT2D eigenvalue weighted by Gasteiger charge is 2.37. The summed E-state index contributed by atoms with van der Waals surface area (Å²) in [7, 11) is 0. The van der Waals surface area contributed by atoms with E-state index in [1.165, 1.54) is 4.90 Å². The van der Waals surface area contributed by atoms with E-state index in [1.54, 1.807) is 24.3 Å². The van der Waals surface area contributed by atoms with Gasteiger partial charge in [-0.15, -0.1) is 0 Å². The summed E-state index contributed by atoms with van der Waals surface area (Å²) in [6.07, 6.45) is 0. The second-order valence-electron chi connectivity index (χ2n) is 5.64. The summed E-state index contributed by atoms with van der Waals surface area (Å²) in [6.45, 7) is 1.97. The Morgan fingerprint density at radius 1 is 0.870 bits per heavy atom. The Labute approximate surface area is 141 Å². The number of halogens is 1. The van der Waals surface area contributed by atoms with Crippen LogP contribution in [0.1, 0.15) is 26.3 Å². The molecule has 1 aliphatic heterocycles. The fourth-order valence-corrected chi connectivity index (χ4v) is 3.40. The lowest BCUT2D eigenvalue weighted by molar-refractivity contribution is 0.0926. The van der Waals surface area contributed by atoms with Crippen molar-refractivity contribution in [2.75, 3.05) is 4.90 Å². The number of anilines is 1. The molecule has 1 aliphatic rings. The Hall–Kier alpha value is -2.46. The van der Waals surface area contributed by atoms with Gasteiger partial charge in [0.1, 0.15) is 0 Å². The first kappa shape index (κ1) is 14.2. The van der Waals surface area contributed by atoms with Crippen LogP contribution in [0.4, 0.5) is 5.69 Å². The van der Waals surface area contributed by atoms with Gasteiger partial charge in [0.2, 0.25) is 0 Å². The minimum atomic E-state index is -0.272. The SMILES string of the molecule is Cc1ccc(N2C(=O)c3cc4cccc(Br)c4cc3C2=O)cc1. The average molecular weight is 366 g/mol. The van der Waals surface area contributed by atoms with E-state index >= 15 is 0 Å². The van der Waals surface area contributed by atoms with Gasteiger partial charge in [-0.05, 0) is 48.0 Å². The van der Waals surface area contributed by atoms with Crippen LogP contribution in [0.2, 0.25) is 0 Å². The molecule has 0 fully saturated rings. The van der Waals surface area contributed by atoms with Crippen molar-refractivity contribution in [3.05, 3.63) is 75.8 Å². The summed E-state index contributed by atoms with van der Waals surface area (Å²) in [6, 6.07) is 16.8. The van der Waals surface area contributed by atoms with E-state index in [-0.39, 0.29) is 11.8 Å². The van der Waals surface area contributed by atoms with E-state index in [2.05, 4.69) is 15.9 Å². The fourth-order valence-electron chi connectivity index (χ4n) is 2.90. The van der Waals surface area contributed by atoms with Crippen molar-refractivity contribution in [2.24, 2.45) is 0 Å². The summed E-state index contributed by atoms with van der Waals surface area (Å²) in [5.74, 6) is -0.540. The maximum absolute atomic E-state index is 12.7. The Morgan fingerprint density at radius 3 is 2.22 bits per heavy atom. The number of rotatable bonds is 1. The van der Waals surface area contributed by atoms with E-state index in [0.717, 1.165) is 20.8 Å². The number of carbonyl (C=O) groups is 2. The van der Waals surface area contributed by atoms with Gasteiger partial charge in [-0.1, -0.05) is 45.8 Å². The lowest BCUT2D eigenvalue weighted by atomic mass is 10.0. The molecule has 2 amide bonds. The van der Waals surface area contributed by atoms with Crippen molar-refractivity contribution >= 4 is 44.2 Å². The van der Waals surface area contributed by atoms with Gasteiger partial charge in [0.15, 0.2) is 0 Å². The van der Waals surface area contributed by atoms with Crippen LogP contribution in [-0.2, 0) is 0 Å². The third-order valence-electron chi connectivity index (χ3n) is 4.12. The number of carbonyl (C=O) groups excluding carboxylic acids is 2. The smallest absolute Gasteiger partial charge is 0.266 e. The highest BCUT2D eigenvalue weighted by atomic mass is 79.9. The molecular weight excluding hydrogens is 354 g/mol. The Balaban J connectivity index is 1.90. The first-order valence-electron chi connectivity index (χ1n) is 7.24. The molecule has 112 valence electrons. The van der Waals surface area contributed by atoms with Crippen LogP contribution < -0.4 is 4.90 Å². The van der Waals surface area contributed by atoms with Gasteiger partial charge in [0.25, 0.3) is 11.8 Å². The second-order valence-corrected chi connectivity index (χ2v) is 6.49. The number of amides is 2. The van der Waals surface area contributed by atoms with Crippen LogP contribution in [-0.4, -0.2) is 11.8 Å². The van der Waals surface area contributed by atoms with E-state index in [0.29, 0.717) is 16.8 Å². The highest BCUT2D eigenvalue weighted by molar-refractivity contribution is 9.10. The maximum atomic E-state index is 12.7. The molecule has 3 aromatic rings. The van der Waals surface area contributed by atoms with Gasteiger partial charge in [-0.2, -0.15) is 0 Å². The van der Waals surface area contributed by atoms with E-state index in [4.69, 9.17) is 0 Å². The summed E-state index contributed by atoms with van der Waals surface area (Å²) >= 11 is 3.50. The molecule has 4 heteroatoms. The third kappa shape index (κ3) is 2.10. The maximum Gasteiger partial charge on any atom is 0.266 e. The molecule has 0 saturated carbocycles. The van der Waals surface area contributed by atoms with Gasteiger partial charge in [0, 0.05) is 4.47 Å². The van der Waals surface area contributed by atoms with Gasteiger partial charge in [-0.3, -0.25) is 9.59 Å². The van der Waals surface area contributed by atoms with Crippen molar-refractivity contribution < 1.29 is 9.59 Å². The second kappa shape index (κ2) is 5.03. The van der Waals surface area contributed by atoms with Crippen molar-refractivity contribution in [3.8, 4) is 0 Å². The Kier molecular flexibility index (Phi) is 3.10. The molecule has 1 heterocycles. The van der Waals surface area contributed by atoms with Gasteiger partial charge < -0.3 is 0 Å². The van der Waals surface area contributed by atoms with Crippen LogP contribution in [0.5, 0.6) is 0 Å². The van der Waals surface area contributed by atoms with Crippen LogP contribution in [0.15, 0.2) is 59.1 Å². The minimum absolute atomic E-state index is 0.268. The number of nitrogens with zero attached hydrogens (tertiary/aromatic N) is 1. The van der Waals surface area contributed by atoms with E-state index < -0.39 is 0 Å². The third-order valence-corrected chi connectivity index (χ3v) is 4.82. The molecule has 0 unspecified atom stereocenters. The minimum Gasteiger partial charge on any atom is -0.268 e. The molecule has 0 saturated heterocycles. The van der Waals surface area contributed by atoms with Crippen molar-refractivity contribution in [1.29, 1.82) is 0 Å². The molecule has 4 rings (SSSR count). The largest absolute Gasteiger partial charge is 0.268 e. The Morgan fingerprint density at radius 2 is 1.52 bits per heavy atom. The van der Waals surface area contributed by atoms with Crippen LogP contribution in [0, 0.1) is 6.92 Å². The van der Waals surface area contributed by atoms with Gasteiger partial charge >= 0.3 is 0 Å². The molecule has 0 aromatic heterocycles. The molecular formula is C19H12BrNO2. The lowest BCUT2D eigenvalue weighted by Gasteiger charge is -2.13.